The predicted molar refractivity (Wildman–Crippen MR) is 241 cm³/mol. The van der Waals surface area contributed by atoms with Gasteiger partial charge >= 0.3 is 0 Å². The minimum atomic E-state index is 0.113. The first kappa shape index (κ1) is 36.0. The number of rotatable bonds is 4. The van der Waals surface area contributed by atoms with E-state index in [1.165, 1.54) is 106 Å². The lowest BCUT2D eigenvalue weighted by Crippen LogP contribution is -2.45. The summed E-state index contributed by atoms with van der Waals surface area (Å²) in [4.78, 5) is 2.73. The highest BCUT2D eigenvalue weighted by atomic mass is 15.2. The second-order valence-corrected chi connectivity index (χ2v) is 20.3. The molecule has 284 valence electrons. The molecule has 8 aliphatic rings. The first-order chi connectivity index (χ1) is 26.9. The third kappa shape index (κ3) is 5.95. The second kappa shape index (κ2) is 13.1. The van der Waals surface area contributed by atoms with E-state index in [9.17, 15) is 0 Å². The van der Waals surface area contributed by atoms with Crippen LogP contribution in [-0.2, 0) is 0 Å². The summed E-state index contributed by atoms with van der Waals surface area (Å²) in [6.45, 7) is 18.5. The fourth-order valence-electron chi connectivity index (χ4n) is 11.9. The van der Waals surface area contributed by atoms with Crippen molar-refractivity contribution in [3.05, 3.63) is 129 Å². The molecule has 0 aromatic heterocycles. The number of nitrogens with zero attached hydrogens (tertiary/aromatic N) is 2. The Labute approximate surface area is 337 Å². The summed E-state index contributed by atoms with van der Waals surface area (Å²) in [7, 11) is 0.939. The number of anilines is 2. The molecule has 1 fully saturated rings. The first-order valence-corrected chi connectivity index (χ1v) is 21.9. The molecule has 10 rings (SSSR count). The van der Waals surface area contributed by atoms with Gasteiger partial charge in [0.2, 0.25) is 0 Å². The zero-order valence-corrected chi connectivity index (χ0v) is 35.1. The lowest BCUT2D eigenvalue weighted by Gasteiger charge is -2.45. The van der Waals surface area contributed by atoms with E-state index in [-0.39, 0.29) is 10.8 Å². The minimum Gasteiger partial charge on any atom is -0.312 e. The summed E-state index contributed by atoms with van der Waals surface area (Å²) >= 11 is 0. The molecule has 2 heterocycles. The van der Waals surface area contributed by atoms with Gasteiger partial charge in [-0.25, -0.2) is 4.58 Å². The Balaban J connectivity index is 1.17. The average Bonchev–Trinajstić information content (AvgIpc) is 3.82. The van der Waals surface area contributed by atoms with Crippen molar-refractivity contribution in [1.29, 1.82) is 0 Å². The highest BCUT2D eigenvalue weighted by molar-refractivity contribution is 6.72. The largest absolute Gasteiger partial charge is 0.312 e. The van der Waals surface area contributed by atoms with Crippen LogP contribution in [0.25, 0.3) is 17.7 Å². The lowest BCUT2D eigenvalue weighted by molar-refractivity contribution is -0.547. The maximum absolute atomic E-state index is 3.44. The van der Waals surface area contributed by atoms with Crippen LogP contribution in [0.2, 0.25) is 0 Å². The van der Waals surface area contributed by atoms with Gasteiger partial charge in [0, 0.05) is 29.1 Å². The van der Waals surface area contributed by atoms with Gasteiger partial charge in [-0.2, -0.15) is 0 Å². The van der Waals surface area contributed by atoms with E-state index in [1.54, 1.807) is 16.7 Å². The number of aryl methyl sites for hydroxylation is 1. The fraction of sp³-hybridized carbons (Fsp3) is 0.434. The van der Waals surface area contributed by atoms with Gasteiger partial charge in [-0.3, -0.25) is 0 Å². The van der Waals surface area contributed by atoms with Crippen molar-refractivity contribution < 1.29 is 4.58 Å². The summed E-state index contributed by atoms with van der Waals surface area (Å²) in [6.07, 6.45) is 37.4. The van der Waals surface area contributed by atoms with E-state index in [1.807, 2.05) is 0 Å². The molecule has 56 heavy (non-hydrogen) atoms. The minimum absolute atomic E-state index is 0.113. The zero-order valence-electron chi connectivity index (χ0n) is 35.1. The van der Waals surface area contributed by atoms with Gasteiger partial charge < -0.3 is 4.90 Å². The summed E-state index contributed by atoms with van der Waals surface area (Å²) in [5, 5.41) is 0. The van der Waals surface area contributed by atoms with Crippen LogP contribution < -0.4 is 15.8 Å². The van der Waals surface area contributed by atoms with E-state index < -0.39 is 0 Å². The molecule has 6 aliphatic carbocycles. The van der Waals surface area contributed by atoms with Crippen molar-refractivity contribution in [3.63, 3.8) is 0 Å². The molecule has 0 N–H and O–H groups in total. The maximum Gasteiger partial charge on any atom is 0.198 e. The first-order valence-electron chi connectivity index (χ1n) is 21.9. The topological polar surface area (TPSA) is 6.25 Å². The van der Waals surface area contributed by atoms with Crippen LogP contribution in [-0.4, -0.2) is 30.7 Å². The summed E-state index contributed by atoms with van der Waals surface area (Å²) < 4.78 is 2.80. The van der Waals surface area contributed by atoms with E-state index in [2.05, 4.69) is 155 Å². The number of benzene rings is 2. The number of allylic oxidation sites excluding steroid dienone is 11. The molecular weight excluding hydrogens is 675 g/mol. The SMILES string of the molecule is CC1=C(N2c3cc4c(cc3Bc3c(C5=CC=C6C=CCCC6C5[N+]5=CC(C)(C6=CC=CCC6)CC5)cc(C)cc32)C=C=C4)C=C2CC1CC(C)(C)CCC2(C)C. The third-order valence-corrected chi connectivity index (χ3v) is 15.4. The zero-order chi connectivity index (χ0) is 38.6. The van der Waals surface area contributed by atoms with Gasteiger partial charge in [0.15, 0.2) is 19.5 Å². The fourth-order valence-corrected chi connectivity index (χ4v) is 11.9. The van der Waals surface area contributed by atoms with Crippen LogP contribution in [0.3, 0.4) is 0 Å². The quantitative estimate of drug-likeness (QED) is 0.147. The highest BCUT2D eigenvalue weighted by Crippen LogP contribution is 2.52. The molecule has 0 amide bonds. The van der Waals surface area contributed by atoms with E-state index in [0.29, 0.717) is 23.3 Å². The van der Waals surface area contributed by atoms with Crippen LogP contribution in [0.15, 0.2) is 107 Å². The molecule has 2 aromatic rings. The molecule has 2 bridgehead atoms. The highest BCUT2D eigenvalue weighted by Gasteiger charge is 2.47. The van der Waals surface area contributed by atoms with Crippen molar-refractivity contribution in [2.45, 2.75) is 112 Å². The predicted octanol–water partition coefficient (Wildman–Crippen LogP) is 11.4. The Morgan fingerprint density at radius 1 is 0.857 bits per heavy atom. The molecule has 2 nitrogen and oxygen atoms in total. The second-order valence-electron chi connectivity index (χ2n) is 20.3. The van der Waals surface area contributed by atoms with E-state index in [4.69, 9.17) is 0 Å². The van der Waals surface area contributed by atoms with Crippen molar-refractivity contribution in [3.8, 4) is 0 Å². The molecule has 2 aromatic carbocycles. The Hall–Kier alpha value is -4.33. The molecule has 3 heteroatoms. The number of hydrogen-bond acceptors (Lipinski definition) is 1. The molecule has 1 saturated carbocycles. The van der Waals surface area contributed by atoms with Crippen molar-refractivity contribution in [2.24, 2.45) is 28.1 Å². The molecule has 2 aliphatic heterocycles. The molecule has 4 unspecified atom stereocenters. The van der Waals surface area contributed by atoms with Gasteiger partial charge in [0.05, 0.1) is 11.3 Å². The number of hydrogen-bond donors (Lipinski definition) is 0. The van der Waals surface area contributed by atoms with E-state index in [0.717, 1.165) is 26.7 Å². The Morgan fingerprint density at radius 3 is 2.52 bits per heavy atom. The standard InChI is InChI=1S/C53H60BN2/c1-34-26-44(43-21-20-36-14-11-12-19-42(36)50(43)55-25-24-53(7,33-55)40-17-9-8-10-18-40)49-48(27-34)56(47-30-38-16-13-15-37(38)29-45(47)54-49)46-31-41-28-39(35(46)2)32-51(3,4)22-23-52(41,5)6/h8-9,11,14-17,20-21,26-27,29-31,33,39,42,50,54H,10,12,18-19,22-25,28,32H2,1-7H3/q+1. The van der Waals surface area contributed by atoms with Gasteiger partial charge in [-0.05, 0) is 158 Å². The van der Waals surface area contributed by atoms with Crippen LogP contribution in [0, 0.1) is 35.0 Å². The summed E-state index contributed by atoms with van der Waals surface area (Å²) in [6, 6.07) is 10.4. The van der Waals surface area contributed by atoms with Gasteiger partial charge in [-0.1, -0.05) is 99.0 Å². The van der Waals surface area contributed by atoms with Gasteiger partial charge in [0.1, 0.15) is 6.54 Å². The summed E-state index contributed by atoms with van der Waals surface area (Å²) in [5.74, 6) is 1.05. The van der Waals surface area contributed by atoms with Crippen LogP contribution in [0.1, 0.15) is 122 Å². The molecule has 0 spiro atoms. The Morgan fingerprint density at radius 2 is 1.70 bits per heavy atom. The lowest BCUT2D eigenvalue weighted by atomic mass is 9.56. The van der Waals surface area contributed by atoms with Crippen molar-refractivity contribution in [1.82, 2.24) is 0 Å². The number of fused-ring (bicyclic) bond motifs is 6. The molecular formula is C53H60BN2+. The van der Waals surface area contributed by atoms with Gasteiger partial charge in [0.25, 0.3) is 0 Å². The molecule has 0 saturated heterocycles. The smallest absolute Gasteiger partial charge is 0.198 e. The average molecular weight is 736 g/mol. The van der Waals surface area contributed by atoms with Crippen molar-refractivity contribution in [2.75, 3.05) is 11.4 Å². The van der Waals surface area contributed by atoms with Crippen LogP contribution in [0.4, 0.5) is 11.4 Å². The van der Waals surface area contributed by atoms with E-state index >= 15 is 0 Å². The maximum atomic E-state index is 3.44. The monoisotopic (exact) mass is 735 g/mol. The Bertz CT molecular complexity index is 2390. The Kier molecular flexibility index (Phi) is 8.44. The molecule has 4 atom stereocenters. The molecule has 0 radical (unpaired) electrons. The van der Waals surface area contributed by atoms with Crippen LogP contribution in [0.5, 0.6) is 0 Å². The van der Waals surface area contributed by atoms with Crippen LogP contribution >= 0.6 is 0 Å². The summed E-state index contributed by atoms with van der Waals surface area (Å²) in [5.41, 5.74) is 24.3. The normalized spacial score (nSPS) is 29.2. The third-order valence-electron chi connectivity index (χ3n) is 15.4. The van der Waals surface area contributed by atoms with Crippen molar-refractivity contribution >= 4 is 53.5 Å². The van der Waals surface area contributed by atoms with Gasteiger partial charge in [-0.15, -0.1) is 5.73 Å².